The number of hydrogen-bond donors (Lipinski definition) is 2. The third kappa shape index (κ3) is 8.93. The molecule has 0 bridgehead atoms. The van der Waals surface area contributed by atoms with E-state index in [1.54, 1.807) is 35.6 Å². The fourth-order valence-corrected chi connectivity index (χ4v) is 8.35. The summed E-state index contributed by atoms with van der Waals surface area (Å²) >= 11 is 0. The van der Waals surface area contributed by atoms with Crippen molar-refractivity contribution >= 4 is 23.8 Å². The number of aromatic nitrogens is 1. The first-order valence-electron chi connectivity index (χ1n) is 19.9. The fourth-order valence-electron chi connectivity index (χ4n) is 8.35. The van der Waals surface area contributed by atoms with Crippen molar-refractivity contribution in [1.29, 1.82) is 0 Å². The summed E-state index contributed by atoms with van der Waals surface area (Å²) in [6.45, 7) is 2.44. The normalized spacial score (nSPS) is 16.5. The lowest BCUT2D eigenvalue weighted by Crippen LogP contribution is -2.52. The summed E-state index contributed by atoms with van der Waals surface area (Å²) < 4.78 is 13.1. The summed E-state index contributed by atoms with van der Waals surface area (Å²) in [5.41, 5.74) is 7.14. The number of fused-ring (bicyclic) bond motifs is 2. The molecule has 0 radical (unpaired) electrons. The van der Waals surface area contributed by atoms with Gasteiger partial charge in [0.25, 0.3) is 11.5 Å². The number of methoxy groups -OCH3 is 2. The molecule has 3 aromatic rings. The second kappa shape index (κ2) is 18.2. The number of amides is 5. The van der Waals surface area contributed by atoms with Crippen LogP contribution < -0.4 is 25.7 Å². The van der Waals surface area contributed by atoms with Crippen LogP contribution in [0.1, 0.15) is 96.0 Å². The van der Waals surface area contributed by atoms with E-state index in [2.05, 4.69) is 21.6 Å². The summed E-state index contributed by atoms with van der Waals surface area (Å²) in [5.74, 6) is 0.649. The van der Waals surface area contributed by atoms with E-state index < -0.39 is 6.04 Å². The van der Waals surface area contributed by atoms with Gasteiger partial charge in [-0.25, -0.2) is 4.79 Å². The van der Waals surface area contributed by atoms with Gasteiger partial charge >= 0.3 is 6.03 Å². The van der Waals surface area contributed by atoms with Gasteiger partial charge in [0, 0.05) is 62.5 Å². The molecular weight excluding hydrogens is 713 g/mol. The van der Waals surface area contributed by atoms with Gasteiger partial charge < -0.3 is 34.1 Å². The first-order valence-corrected chi connectivity index (χ1v) is 19.9. The first-order chi connectivity index (χ1) is 27.0. The molecule has 1 saturated heterocycles. The number of hydrogen-bond acceptors (Lipinski definition) is 8. The highest BCUT2D eigenvalue weighted by Crippen LogP contribution is 2.38. The van der Waals surface area contributed by atoms with Crippen molar-refractivity contribution in [3.63, 3.8) is 0 Å². The van der Waals surface area contributed by atoms with Crippen molar-refractivity contribution in [2.75, 3.05) is 41.4 Å². The molecule has 300 valence electrons. The molecular formula is C43H56N6O7. The van der Waals surface area contributed by atoms with Crippen molar-refractivity contribution in [2.24, 2.45) is 7.05 Å². The van der Waals surface area contributed by atoms with E-state index in [1.807, 2.05) is 44.6 Å². The smallest absolute Gasteiger partial charge is 0.317 e. The lowest BCUT2D eigenvalue weighted by Gasteiger charge is -2.30. The van der Waals surface area contributed by atoms with E-state index in [1.165, 1.54) is 0 Å². The Kier molecular flexibility index (Phi) is 13.1. The van der Waals surface area contributed by atoms with Crippen LogP contribution in [0.2, 0.25) is 0 Å². The molecule has 3 aliphatic heterocycles. The van der Waals surface area contributed by atoms with Crippen LogP contribution in [-0.4, -0.2) is 90.5 Å². The third-order valence-electron chi connectivity index (χ3n) is 11.3. The molecule has 13 nitrogen and oxygen atoms in total. The number of imide groups is 1. The summed E-state index contributed by atoms with van der Waals surface area (Å²) in [4.78, 5) is 69.1. The molecule has 56 heavy (non-hydrogen) atoms. The van der Waals surface area contributed by atoms with Gasteiger partial charge in [-0.3, -0.25) is 24.5 Å². The van der Waals surface area contributed by atoms with Gasteiger partial charge in [-0.2, -0.15) is 0 Å². The monoisotopic (exact) mass is 768 g/mol. The summed E-state index contributed by atoms with van der Waals surface area (Å²) in [6.07, 6.45) is 11.3. The number of carbonyl (C=O) groups excluding carboxylic acids is 4. The molecule has 0 spiro atoms. The van der Waals surface area contributed by atoms with Crippen LogP contribution >= 0.6 is 0 Å². The lowest BCUT2D eigenvalue weighted by molar-refractivity contribution is -0.136. The number of urea groups is 1. The van der Waals surface area contributed by atoms with Crippen molar-refractivity contribution in [2.45, 2.75) is 96.3 Å². The highest BCUT2D eigenvalue weighted by molar-refractivity contribution is 6.05. The summed E-state index contributed by atoms with van der Waals surface area (Å²) in [5, 5.41) is 5.44. The zero-order chi connectivity index (χ0) is 39.9. The largest absolute Gasteiger partial charge is 0.496 e. The Hall–Kier alpha value is -5.17. The zero-order valence-electron chi connectivity index (χ0n) is 33.5. The number of nitrogens with one attached hydrogen (secondary N) is 2. The second-order valence-electron chi connectivity index (χ2n) is 15.5. The van der Waals surface area contributed by atoms with Crippen LogP contribution in [0, 0.1) is 0 Å². The van der Waals surface area contributed by atoms with Crippen LogP contribution in [0.25, 0.3) is 11.1 Å². The van der Waals surface area contributed by atoms with Crippen molar-refractivity contribution in [1.82, 2.24) is 29.9 Å². The predicted octanol–water partition coefficient (Wildman–Crippen LogP) is 4.93. The molecule has 1 fully saturated rings. The molecule has 2 aromatic carbocycles. The fraction of sp³-hybridized carbons (Fsp3) is 0.512. The zero-order valence-corrected chi connectivity index (χ0v) is 33.5. The van der Waals surface area contributed by atoms with Gasteiger partial charge in [0.1, 0.15) is 17.5 Å². The molecule has 3 aliphatic rings. The molecule has 0 saturated carbocycles. The van der Waals surface area contributed by atoms with E-state index >= 15 is 0 Å². The minimum Gasteiger partial charge on any atom is -0.496 e. The van der Waals surface area contributed by atoms with Crippen LogP contribution in [0.3, 0.4) is 0 Å². The second-order valence-corrected chi connectivity index (χ2v) is 15.5. The molecule has 6 rings (SSSR count). The minimum absolute atomic E-state index is 0.0939. The Labute approximate surface area is 329 Å². The number of rotatable bonds is 16. The molecule has 1 atom stereocenters. The summed E-state index contributed by atoms with van der Waals surface area (Å²) in [6, 6.07) is 9.09. The Morgan fingerprint density at radius 1 is 0.875 bits per heavy atom. The molecule has 5 amide bonds. The number of piperidine rings is 1. The van der Waals surface area contributed by atoms with E-state index in [0.29, 0.717) is 50.1 Å². The lowest BCUT2D eigenvalue weighted by atomic mass is 9.91. The van der Waals surface area contributed by atoms with E-state index in [-0.39, 0.29) is 42.3 Å². The maximum absolute atomic E-state index is 13.3. The molecule has 2 N–H and O–H groups in total. The maximum atomic E-state index is 13.3. The first kappa shape index (κ1) is 40.5. The van der Waals surface area contributed by atoms with Crippen LogP contribution in [0.15, 0.2) is 41.3 Å². The number of ether oxygens (including phenoxy) is 2. The number of unbranched alkanes of at least 4 members (excludes halogenated alkanes) is 6. The van der Waals surface area contributed by atoms with Crippen molar-refractivity contribution in [3.05, 3.63) is 80.3 Å². The van der Waals surface area contributed by atoms with E-state index in [4.69, 9.17) is 9.47 Å². The van der Waals surface area contributed by atoms with Crippen LogP contribution in [-0.2, 0) is 49.1 Å². The number of benzene rings is 2. The van der Waals surface area contributed by atoms with Gasteiger partial charge in [0.05, 0.1) is 26.3 Å². The Balaban J connectivity index is 0.923. The predicted molar refractivity (Wildman–Crippen MR) is 214 cm³/mol. The van der Waals surface area contributed by atoms with Crippen molar-refractivity contribution in [3.8, 4) is 22.6 Å². The van der Waals surface area contributed by atoms with Gasteiger partial charge in [-0.05, 0) is 86.7 Å². The minimum atomic E-state index is -0.598. The van der Waals surface area contributed by atoms with Crippen LogP contribution in [0.5, 0.6) is 11.5 Å². The highest BCUT2D eigenvalue weighted by Gasteiger charge is 2.39. The number of aryl methyl sites for hydroxylation is 2. The van der Waals surface area contributed by atoms with Gasteiger partial charge in [0.15, 0.2) is 0 Å². The summed E-state index contributed by atoms with van der Waals surface area (Å²) in [7, 11) is 9.04. The quantitative estimate of drug-likeness (QED) is 0.154. The van der Waals surface area contributed by atoms with Gasteiger partial charge in [0.2, 0.25) is 11.8 Å². The van der Waals surface area contributed by atoms with Crippen molar-refractivity contribution < 1.29 is 28.7 Å². The van der Waals surface area contributed by atoms with E-state index in [9.17, 15) is 24.0 Å². The SMILES string of the molecule is COc1cc(-c2cn(C)c(=O)c3c2CCN(C(=O)NCCCCCCCCCc2cccc4c2CN(C2CCC(=O)NC2=O)C4=O)C3)cc(OC)c1CN(C)C. The Bertz CT molecular complexity index is 2000. The topological polar surface area (TPSA) is 143 Å². The third-order valence-corrected chi connectivity index (χ3v) is 11.3. The van der Waals surface area contributed by atoms with E-state index in [0.717, 1.165) is 96.2 Å². The van der Waals surface area contributed by atoms with Gasteiger partial charge in [-0.1, -0.05) is 44.2 Å². The highest BCUT2D eigenvalue weighted by atomic mass is 16.5. The average molecular weight is 769 g/mol. The Morgan fingerprint density at radius 3 is 2.25 bits per heavy atom. The number of pyridine rings is 1. The molecule has 13 heteroatoms. The molecule has 4 heterocycles. The molecule has 1 aromatic heterocycles. The average Bonchev–Trinajstić information content (AvgIpc) is 3.52. The number of nitrogens with zero attached hydrogens (tertiary/aromatic N) is 4. The molecule has 1 unspecified atom stereocenters. The number of carbonyl (C=O) groups is 4. The van der Waals surface area contributed by atoms with Crippen LogP contribution in [0.4, 0.5) is 4.79 Å². The standard InChI is InChI=1S/C43H56N6O7/c1-46(2)24-35-37(55-4)22-29(23-38(35)56-5)32-25-47(3)41(52)34-26-48(21-19-30(32)34)43(54)44-20-12-10-8-6-7-9-11-14-28-15-13-16-31-33(28)27-49(42(31)53)36-17-18-39(50)45-40(36)51/h13,15-16,22-23,25,36H,6-12,14,17-21,24,26-27H2,1-5H3,(H,44,54)(H,45,50,51). The molecule has 0 aliphatic carbocycles. The van der Waals surface area contributed by atoms with Gasteiger partial charge in [-0.15, -0.1) is 0 Å². The maximum Gasteiger partial charge on any atom is 0.317 e. The Morgan fingerprint density at radius 2 is 1.57 bits per heavy atom.